The number of rotatable bonds is 8. The van der Waals surface area contributed by atoms with Gasteiger partial charge in [-0.2, -0.15) is 0 Å². The fourth-order valence-corrected chi connectivity index (χ4v) is 3.84. The van der Waals surface area contributed by atoms with Gasteiger partial charge in [0.05, 0.1) is 11.4 Å². The molecule has 0 bridgehead atoms. The van der Waals surface area contributed by atoms with Crippen LogP contribution < -0.4 is 10.6 Å². The van der Waals surface area contributed by atoms with Gasteiger partial charge in [0.25, 0.3) is 5.91 Å². The number of thiazole rings is 1. The Bertz CT molecular complexity index is 1070. The molecule has 0 unspecified atom stereocenters. The molecule has 2 N–H and O–H groups in total. The van der Waals surface area contributed by atoms with E-state index in [-0.39, 0.29) is 17.5 Å². The topological polar surface area (TPSA) is 97.4 Å². The van der Waals surface area contributed by atoms with Crippen LogP contribution in [-0.2, 0) is 19.1 Å². The SMILES string of the molecule is CC(=O)Nc1ccc(SCC(=O)OCC(=O)Nc2nc(-c3ccc(F)cc3)cs2)cc1. The zero-order valence-corrected chi connectivity index (χ0v) is 18.0. The number of esters is 1. The lowest BCUT2D eigenvalue weighted by Gasteiger charge is -2.06. The smallest absolute Gasteiger partial charge is 0.316 e. The summed E-state index contributed by atoms with van der Waals surface area (Å²) in [5.41, 5.74) is 2.01. The highest BCUT2D eigenvalue weighted by Crippen LogP contribution is 2.25. The first-order valence-corrected chi connectivity index (χ1v) is 10.9. The summed E-state index contributed by atoms with van der Waals surface area (Å²) in [6.45, 7) is 1.00. The van der Waals surface area contributed by atoms with Crippen LogP contribution in [0.4, 0.5) is 15.2 Å². The third-order valence-electron chi connectivity index (χ3n) is 3.79. The Morgan fingerprint density at radius 2 is 1.77 bits per heavy atom. The molecule has 3 aromatic rings. The zero-order chi connectivity index (χ0) is 22.2. The minimum atomic E-state index is -0.530. The highest BCUT2D eigenvalue weighted by atomic mass is 32.2. The third kappa shape index (κ3) is 7.19. The second kappa shape index (κ2) is 10.7. The van der Waals surface area contributed by atoms with Gasteiger partial charge in [-0.05, 0) is 48.5 Å². The van der Waals surface area contributed by atoms with Crippen LogP contribution in [0.1, 0.15) is 6.92 Å². The lowest BCUT2D eigenvalue weighted by atomic mass is 10.2. The van der Waals surface area contributed by atoms with Crippen molar-refractivity contribution in [1.82, 2.24) is 4.98 Å². The molecule has 0 spiro atoms. The van der Waals surface area contributed by atoms with E-state index in [1.54, 1.807) is 41.8 Å². The van der Waals surface area contributed by atoms with Gasteiger partial charge in [0.15, 0.2) is 11.7 Å². The summed E-state index contributed by atoms with van der Waals surface area (Å²) in [4.78, 5) is 40.0. The van der Waals surface area contributed by atoms with Crippen molar-refractivity contribution < 1.29 is 23.5 Å². The Morgan fingerprint density at radius 1 is 1.06 bits per heavy atom. The molecule has 0 aliphatic rings. The first-order chi connectivity index (χ1) is 14.9. The van der Waals surface area contributed by atoms with Crippen LogP contribution >= 0.6 is 23.1 Å². The second-order valence-corrected chi connectivity index (χ2v) is 8.15. The maximum atomic E-state index is 13.0. The van der Waals surface area contributed by atoms with Gasteiger partial charge in [0, 0.05) is 28.5 Å². The Labute approximate surface area is 186 Å². The Kier molecular flexibility index (Phi) is 7.74. The predicted octanol–water partition coefficient (Wildman–Crippen LogP) is 4.18. The second-order valence-electron chi connectivity index (χ2n) is 6.25. The zero-order valence-electron chi connectivity index (χ0n) is 16.4. The number of nitrogens with one attached hydrogen (secondary N) is 2. The molecule has 31 heavy (non-hydrogen) atoms. The minimum absolute atomic E-state index is 0.0404. The van der Waals surface area contributed by atoms with Crippen molar-refractivity contribution in [1.29, 1.82) is 0 Å². The molecule has 10 heteroatoms. The van der Waals surface area contributed by atoms with Crippen molar-refractivity contribution in [3.8, 4) is 11.3 Å². The van der Waals surface area contributed by atoms with Crippen LogP contribution in [0.25, 0.3) is 11.3 Å². The third-order valence-corrected chi connectivity index (χ3v) is 5.53. The number of hydrogen-bond donors (Lipinski definition) is 2. The van der Waals surface area contributed by atoms with Crippen LogP contribution in [0.15, 0.2) is 58.8 Å². The van der Waals surface area contributed by atoms with E-state index in [0.717, 1.165) is 10.5 Å². The summed E-state index contributed by atoms with van der Waals surface area (Å²) in [5.74, 6) is -1.49. The molecule has 0 radical (unpaired) electrons. The van der Waals surface area contributed by atoms with Gasteiger partial charge in [-0.25, -0.2) is 9.37 Å². The van der Waals surface area contributed by atoms with E-state index in [0.29, 0.717) is 16.5 Å². The van der Waals surface area contributed by atoms with Gasteiger partial charge in [0.1, 0.15) is 5.82 Å². The number of nitrogens with zero attached hydrogens (tertiary/aromatic N) is 1. The number of carbonyl (C=O) groups excluding carboxylic acids is 3. The fraction of sp³-hybridized carbons (Fsp3) is 0.143. The van der Waals surface area contributed by atoms with Gasteiger partial charge in [-0.1, -0.05) is 0 Å². The molecule has 1 aromatic heterocycles. The van der Waals surface area contributed by atoms with E-state index in [9.17, 15) is 18.8 Å². The predicted molar refractivity (Wildman–Crippen MR) is 119 cm³/mol. The molecule has 2 amide bonds. The van der Waals surface area contributed by atoms with Crippen molar-refractivity contribution in [2.75, 3.05) is 23.0 Å². The Balaban J connectivity index is 1.41. The number of amides is 2. The molecule has 0 aliphatic carbocycles. The summed E-state index contributed by atoms with van der Waals surface area (Å²) >= 11 is 2.47. The lowest BCUT2D eigenvalue weighted by Crippen LogP contribution is -2.21. The molecule has 0 saturated heterocycles. The van der Waals surface area contributed by atoms with E-state index in [2.05, 4.69) is 15.6 Å². The largest absolute Gasteiger partial charge is 0.455 e. The molecule has 0 saturated carbocycles. The number of halogens is 1. The number of thioether (sulfide) groups is 1. The summed E-state index contributed by atoms with van der Waals surface area (Å²) < 4.78 is 18.0. The maximum absolute atomic E-state index is 13.0. The molecule has 1 heterocycles. The summed E-state index contributed by atoms with van der Waals surface area (Å²) in [5, 5.41) is 7.32. The quantitative estimate of drug-likeness (QED) is 0.387. The van der Waals surface area contributed by atoms with Gasteiger partial charge in [-0.3, -0.25) is 19.7 Å². The van der Waals surface area contributed by atoms with Crippen LogP contribution in [0.5, 0.6) is 0 Å². The van der Waals surface area contributed by atoms with E-state index >= 15 is 0 Å². The van der Waals surface area contributed by atoms with Crippen molar-refractivity contribution >= 4 is 51.7 Å². The number of benzene rings is 2. The summed E-state index contributed by atoms with van der Waals surface area (Å²) in [6.07, 6.45) is 0. The van der Waals surface area contributed by atoms with Crippen LogP contribution in [-0.4, -0.2) is 35.1 Å². The Hall–Kier alpha value is -3.24. The van der Waals surface area contributed by atoms with Crippen molar-refractivity contribution in [3.63, 3.8) is 0 Å². The molecule has 160 valence electrons. The maximum Gasteiger partial charge on any atom is 0.316 e. The van der Waals surface area contributed by atoms with Gasteiger partial charge in [-0.15, -0.1) is 23.1 Å². The first-order valence-electron chi connectivity index (χ1n) is 9.06. The van der Waals surface area contributed by atoms with Gasteiger partial charge >= 0.3 is 5.97 Å². The molecular formula is C21H18FN3O4S2. The number of hydrogen-bond acceptors (Lipinski definition) is 7. The van der Waals surface area contributed by atoms with E-state index in [1.807, 2.05) is 0 Å². The highest BCUT2D eigenvalue weighted by Gasteiger charge is 2.11. The molecule has 0 atom stereocenters. The van der Waals surface area contributed by atoms with Crippen molar-refractivity contribution in [3.05, 3.63) is 59.7 Å². The molecule has 0 fully saturated rings. The number of aromatic nitrogens is 1. The minimum Gasteiger partial charge on any atom is -0.455 e. The van der Waals surface area contributed by atoms with Gasteiger partial charge < -0.3 is 10.1 Å². The van der Waals surface area contributed by atoms with E-state index in [1.165, 1.54) is 42.2 Å². The standard InChI is InChI=1S/C21H18FN3O4S2/c1-13(26)23-16-6-8-17(9-7-16)30-12-20(28)29-10-19(27)25-21-24-18(11-31-21)14-2-4-15(22)5-3-14/h2-9,11H,10,12H2,1H3,(H,23,26)(H,24,25,27). The summed E-state index contributed by atoms with van der Waals surface area (Å²) in [6, 6.07) is 12.9. The van der Waals surface area contributed by atoms with Crippen LogP contribution in [0.2, 0.25) is 0 Å². The van der Waals surface area contributed by atoms with Crippen LogP contribution in [0.3, 0.4) is 0 Å². The highest BCUT2D eigenvalue weighted by molar-refractivity contribution is 8.00. The average molecular weight is 460 g/mol. The molecule has 7 nitrogen and oxygen atoms in total. The normalized spacial score (nSPS) is 10.4. The van der Waals surface area contributed by atoms with Crippen molar-refractivity contribution in [2.45, 2.75) is 11.8 Å². The monoisotopic (exact) mass is 459 g/mol. The molecule has 3 rings (SSSR count). The van der Waals surface area contributed by atoms with Crippen molar-refractivity contribution in [2.24, 2.45) is 0 Å². The van der Waals surface area contributed by atoms with E-state index < -0.39 is 18.5 Å². The molecule has 2 aromatic carbocycles. The first kappa shape index (κ1) is 22.4. The number of carbonyl (C=O) groups is 3. The molecule has 0 aliphatic heterocycles. The lowest BCUT2D eigenvalue weighted by molar-refractivity contribution is -0.144. The fourth-order valence-electron chi connectivity index (χ4n) is 2.41. The average Bonchev–Trinajstić information content (AvgIpc) is 3.20. The van der Waals surface area contributed by atoms with E-state index in [4.69, 9.17) is 4.74 Å². The Morgan fingerprint density at radius 3 is 2.45 bits per heavy atom. The number of ether oxygens (including phenoxy) is 1. The van der Waals surface area contributed by atoms with Crippen LogP contribution in [0, 0.1) is 5.82 Å². The van der Waals surface area contributed by atoms with Gasteiger partial charge in [0.2, 0.25) is 5.91 Å². The number of anilines is 2. The molecular weight excluding hydrogens is 441 g/mol. The summed E-state index contributed by atoms with van der Waals surface area (Å²) in [7, 11) is 0.